The van der Waals surface area contributed by atoms with E-state index < -0.39 is 17.7 Å². The van der Waals surface area contributed by atoms with Gasteiger partial charge in [0.05, 0.1) is 5.75 Å². The molecule has 0 bridgehead atoms. The summed E-state index contributed by atoms with van der Waals surface area (Å²) in [5.74, 6) is -1.16. The summed E-state index contributed by atoms with van der Waals surface area (Å²) in [5, 5.41) is 3.22. The Morgan fingerprint density at radius 1 is 0.946 bits per heavy atom. The molecule has 1 atom stereocenters. The molecular weight excluding hydrogens is 514 g/mol. The molecule has 3 aromatic rings. The van der Waals surface area contributed by atoms with Gasteiger partial charge in [-0.05, 0) is 29.7 Å². The quantitative estimate of drug-likeness (QED) is 0.292. The van der Waals surface area contributed by atoms with Crippen molar-refractivity contribution in [3.8, 4) is 0 Å². The second-order valence-corrected chi connectivity index (χ2v) is 10.5. The van der Waals surface area contributed by atoms with E-state index in [0.717, 1.165) is 5.56 Å². The number of nitrogens with zero attached hydrogens (tertiary/aromatic N) is 1. The number of hydrogen-bond donors (Lipinski definition) is 1. The molecule has 0 aliphatic rings. The van der Waals surface area contributed by atoms with E-state index in [0.29, 0.717) is 17.7 Å². The fourth-order valence-corrected chi connectivity index (χ4v) is 5.03. The third-order valence-corrected chi connectivity index (χ3v) is 7.09. The molecule has 0 heterocycles. The van der Waals surface area contributed by atoms with Crippen LogP contribution in [-0.2, 0) is 28.3 Å². The van der Waals surface area contributed by atoms with Crippen molar-refractivity contribution in [1.82, 2.24) is 10.2 Å². The van der Waals surface area contributed by atoms with Crippen LogP contribution in [0, 0.1) is 17.6 Å². The number of amides is 2. The number of carbonyl (C=O) groups is 2. The van der Waals surface area contributed by atoms with E-state index in [2.05, 4.69) is 5.32 Å². The maximum atomic E-state index is 14.6. The van der Waals surface area contributed by atoms with Crippen LogP contribution in [0.5, 0.6) is 0 Å². The smallest absolute Gasteiger partial charge is 0.243 e. The van der Waals surface area contributed by atoms with Crippen molar-refractivity contribution in [3.63, 3.8) is 0 Å². The van der Waals surface area contributed by atoms with Crippen LogP contribution in [0.3, 0.4) is 0 Å². The summed E-state index contributed by atoms with van der Waals surface area (Å²) in [7, 11) is 0. The Bertz CT molecular complexity index is 1170. The molecule has 0 spiro atoms. The molecule has 0 fully saturated rings. The Labute approximate surface area is 226 Å². The second-order valence-electron chi connectivity index (χ2n) is 9.15. The zero-order chi connectivity index (χ0) is 26.8. The number of nitrogens with one attached hydrogen (secondary N) is 1. The SMILES string of the molecule is CC(C)CNC(=O)[C@@H](Cc1ccccc1)N(Cc1ccccc1F)C(=O)CSCc1c(F)cccc1Cl. The summed E-state index contributed by atoms with van der Waals surface area (Å²) in [4.78, 5) is 28.4. The highest BCUT2D eigenvalue weighted by Gasteiger charge is 2.31. The van der Waals surface area contributed by atoms with E-state index in [4.69, 9.17) is 11.6 Å². The summed E-state index contributed by atoms with van der Waals surface area (Å²) in [5.41, 5.74) is 1.51. The highest BCUT2D eigenvalue weighted by molar-refractivity contribution is 7.99. The minimum atomic E-state index is -0.856. The molecule has 2 amide bonds. The number of hydrogen-bond acceptors (Lipinski definition) is 3. The van der Waals surface area contributed by atoms with Gasteiger partial charge in [-0.25, -0.2) is 8.78 Å². The van der Waals surface area contributed by atoms with Gasteiger partial charge in [-0.3, -0.25) is 9.59 Å². The van der Waals surface area contributed by atoms with E-state index in [1.807, 2.05) is 44.2 Å². The van der Waals surface area contributed by atoms with Crippen LogP contribution in [0.4, 0.5) is 8.78 Å². The highest BCUT2D eigenvalue weighted by atomic mass is 35.5. The molecule has 196 valence electrons. The third-order valence-electron chi connectivity index (χ3n) is 5.79. The minimum absolute atomic E-state index is 0.0259. The summed E-state index contributed by atoms with van der Waals surface area (Å²) >= 11 is 7.33. The molecule has 0 unspecified atom stereocenters. The first kappa shape index (κ1) is 28.7. The van der Waals surface area contributed by atoms with Gasteiger partial charge in [-0.2, -0.15) is 0 Å². The minimum Gasteiger partial charge on any atom is -0.354 e. The van der Waals surface area contributed by atoms with E-state index in [9.17, 15) is 18.4 Å². The lowest BCUT2D eigenvalue weighted by molar-refractivity contribution is -0.139. The van der Waals surface area contributed by atoms with Crippen LogP contribution in [0.2, 0.25) is 5.02 Å². The lowest BCUT2D eigenvalue weighted by atomic mass is 10.0. The van der Waals surface area contributed by atoms with Crippen molar-refractivity contribution in [1.29, 1.82) is 0 Å². The Balaban J connectivity index is 1.87. The Hall–Kier alpha value is -2.90. The second kappa shape index (κ2) is 14.1. The monoisotopic (exact) mass is 544 g/mol. The molecule has 0 aliphatic carbocycles. The van der Waals surface area contributed by atoms with Gasteiger partial charge in [0.2, 0.25) is 11.8 Å². The largest absolute Gasteiger partial charge is 0.354 e. The Kier molecular flexibility index (Phi) is 11.0. The number of thioether (sulfide) groups is 1. The van der Waals surface area contributed by atoms with Gasteiger partial charge in [0.1, 0.15) is 17.7 Å². The molecule has 0 saturated carbocycles. The average Bonchev–Trinajstić information content (AvgIpc) is 2.88. The van der Waals surface area contributed by atoms with Crippen molar-refractivity contribution < 1.29 is 18.4 Å². The topological polar surface area (TPSA) is 49.4 Å². The summed E-state index contributed by atoms with van der Waals surface area (Å²) < 4.78 is 28.8. The highest BCUT2D eigenvalue weighted by Crippen LogP contribution is 2.25. The summed E-state index contributed by atoms with van der Waals surface area (Å²) in [6.07, 6.45) is 0.273. The molecule has 0 saturated heterocycles. The molecule has 37 heavy (non-hydrogen) atoms. The van der Waals surface area contributed by atoms with Crippen LogP contribution in [0.15, 0.2) is 72.8 Å². The molecule has 1 N–H and O–H groups in total. The molecule has 0 radical (unpaired) electrons. The predicted molar refractivity (Wildman–Crippen MR) is 146 cm³/mol. The molecule has 3 rings (SSSR count). The van der Waals surface area contributed by atoms with Crippen molar-refractivity contribution >= 4 is 35.2 Å². The summed E-state index contributed by atoms with van der Waals surface area (Å²) in [6, 6.07) is 19.2. The Morgan fingerprint density at radius 2 is 1.62 bits per heavy atom. The maximum absolute atomic E-state index is 14.6. The van der Waals surface area contributed by atoms with Crippen LogP contribution in [0.25, 0.3) is 0 Å². The molecule has 0 aliphatic heterocycles. The lowest BCUT2D eigenvalue weighted by Gasteiger charge is -2.32. The van der Waals surface area contributed by atoms with Crippen LogP contribution in [0.1, 0.15) is 30.5 Å². The molecule has 3 aromatic carbocycles. The normalized spacial score (nSPS) is 11.8. The van der Waals surface area contributed by atoms with Crippen molar-refractivity contribution in [3.05, 3.63) is 106 Å². The average molecular weight is 545 g/mol. The van der Waals surface area contributed by atoms with Gasteiger partial charge in [-0.1, -0.05) is 80.0 Å². The Morgan fingerprint density at radius 3 is 2.30 bits per heavy atom. The van der Waals surface area contributed by atoms with E-state index in [1.165, 1.54) is 34.9 Å². The standard InChI is InChI=1S/C29H31ClF2N2O2S/c1-20(2)16-33-29(36)27(15-21-9-4-3-5-10-21)34(17-22-11-6-7-13-25(22)31)28(35)19-37-18-23-24(30)12-8-14-26(23)32/h3-14,20,27H,15-19H2,1-2H3,(H,33,36)/t27-/m1/s1. The first-order valence-electron chi connectivity index (χ1n) is 12.1. The molecule has 0 aromatic heterocycles. The maximum Gasteiger partial charge on any atom is 0.243 e. The molecular formula is C29H31ClF2N2O2S. The van der Waals surface area contributed by atoms with Gasteiger partial charge < -0.3 is 10.2 Å². The van der Waals surface area contributed by atoms with Crippen LogP contribution >= 0.6 is 23.4 Å². The van der Waals surface area contributed by atoms with Crippen LogP contribution < -0.4 is 5.32 Å². The summed E-state index contributed by atoms with van der Waals surface area (Å²) in [6.45, 7) is 4.35. The van der Waals surface area contributed by atoms with Crippen molar-refractivity contribution in [2.45, 2.75) is 38.6 Å². The number of halogens is 3. The van der Waals surface area contributed by atoms with Crippen molar-refractivity contribution in [2.75, 3.05) is 12.3 Å². The fourth-order valence-electron chi connectivity index (χ4n) is 3.78. The zero-order valence-electron chi connectivity index (χ0n) is 20.9. The third kappa shape index (κ3) is 8.58. The van der Waals surface area contributed by atoms with E-state index in [-0.39, 0.29) is 47.2 Å². The first-order chi connectivity index (χ1) is 17.8. The lowest BCUT2D eigenvalue weighted by Crippen LogP contribution is -2.51. The number of rotatable bonds is 12. The fraction of sp³-hybridized carbons (Fsp3) is 0.310. The van der Waals surface area contributed by atoms with Gasteiger partial charge in [0.15, 0.2) is 0 Å². The van der Waals surface area contributed by atoms with Crippen molar-refractivity contribution in [2.24, 2.45) is 5.92 Å². The van der Waals surface area contributed by atoms with Gasteiger partial charge in [-0.15, -0.1) is 11.8 Å². The molecule has 4 nitrogen and oxygen atoms in total. The van der Waals surface area contributed by atoms with Gasteiger partial charge in [0.25, 0.3) is 0 Å². The van der Waals surface area contributed by atoms with Crippen LogP contribution in [-0.4, -0.2) is 35.1 Å². The first-order valence-corrected chi connectivity index (χ1v) is 13.6. The van der Waals surface area contributed by atoms with Gasteiger partial charge >= 0.3 is 0 Å². The number of benzene rings is 3. The zero-order valence-corrected chi connectivity index (χ0v) is 22.5. The predicted octanol–water partition coefficient (Wildman–Crippen LogP) is 6.26. The van der Waals surface area contributed by atoms with E-state index >= 15 is 0 Å². The molecule has 8 heteroatoms. The van der Waals surface area contributed by atoms with Gasteiger partial charge in [0, 0.05) is 41.4 Å². The van der Waals surface area contributed by atoms with E-state index in [1.54, 1.807) is 24.3 Å². The number of carbonyl (C=O) groups excluding carboxylic acids is 2.